The van der Waals surface area contributed by atoms with Crippen molar-refractivity contribution in [1.29, 1.82) is 0 Å². The maximum atomic E-state index is 2.25. The van der Waals surface area contributed by atoms with E-state index in [1.165, 1.54) is 12.8 Å². The van der Waals surface area contributed by atoms with Gasteiger partial charge in [-0.2, -0.15) is 0 Å². The molecule has 1 heteroatoms. The first-order valence-corrected chi connectivity index (χ1v) is 4.83. The van der Waals surface area contributed by atoms with Gasteiger partial charge in [-0.05, 0) is 18.2 Å². The molecule has 0 amide bonds. The molecule has 10 heavy (non-hydrogen) atoms. The zero-order valence-electron chi connectivity index (χ0n) is 6.63. The number of hydrogen-bond acceptors (Lipinski definition) is 1. The minimum atomic E-state index is 0.759. The SMILES string of the molecule is CCC1=CC=CSC1CC. The molecule has 56 valence electrons. The van der Waals surface area contributed by atoms with E-state index >= 15 is 0 Å². The molecule has 0 radical (unpaired) electrons. The third-order valence-corrected chi connectivity index (χ3v) is 3.10. The molecule has 0 fully saturated rings. The fourth-order valence-corrected chi connectivity index (χ4v) is 2.17. The van der Waals surface area contributed by atoms with Gasteiger partial charge < -0.3 is 0 Å². The highest BCUT2D eigenvalue weighted by Crippen LogP contribution is 2.28. The average molecular weight is 154 g/mol. The van der Waals surface area contributed by atoms with Crippen LogP contribution >= 0.6 is 11.8 Å². The van der Waals surface area contributed by atoms with Crippen LogP contribution in [0.3, 0.4) is 0 Å². The molecule has 0 saturated carbocycles. The molecule has 0 spiro atoms. The van der Waals surface area contributed by atoms with Gasteiger partial charge in [0.25, 0.3) is 0 Å². The van der Waals surface area contributed by atoms with Gasteiger partial charge in [-0.25, -0.2) is 0 Å². The molecule has 1 atom stereocenters. The van der Waals surface area contributed by atoms with Gasteiger partial charge in [0, 0.05) is 5.25 Å². The Kier molecular flexibility index (Phi) is 3.07. The summed E-state index contributed by atoms with van der Waals surface area (Å²) in [6, 6.07) is 0. The van der Waals surface area contributed by atoms with Gasteiger partial charge in [0.15, 0.2) is 0 Å². The van der Waals surface area contributed by atoms with Crippen LogP contribution in [0.2, 0.25) is 0 Å². The van der Waals surface area contributed by atoms with Gasteiger partial charge >= 0.3 is 0 Å². The van der Waals surface area contributed by atoms with Crippen molar-refractivity contribution in [2.24, 2.45) is 0 Å². The van der Waals surface area contributed by atoms with Crippen LogP contribution in [-0.2, 0) is 0 Å². The predicted molar refractivity (Wildman–Crippen MR) is 49.2 cm³/mol. The normalized spacial score (nSPS) is 24.6. The van der Waals surface area contributed by atoms with Gasteiger partial charge in [-0.15, -0.1) is 11.8 Å². The average Bonchev–Trinajstić information content (AvgIpc) is 2.04. The van der Waals surface area contributed by atoms with Crippen LogP contribution in [0.4, 0.5) is 0 Å². The van der Waals surface area contributed by atoms with Gasteiger partial charge in [-0.3, -0.25) is 0 Å². The Balaban J connectivity index is 2.61. The van der Waals surface area contributed by atoms with Crippen molar-refractivity contribution in [2.45, 2.75) is 31.9 Å². The van der Waals surface area contributed by atoms with Crippen molar-refractivity contribution >= 4 is 11.8 Å². The van der Waals surface area contributed by atoms with Crippen LogP contribution in [-0.4, -0.2) is 5.25 Å². The maximum absolute atomic E-state index is 2.25. The van der Waals surface area contributed by atoms with Crippen molar-refractivity contribution in [3.8, 4) is 0 Å². The minimum absolute atomic E-state index is 0.759. The summed E-state index contributed by atoms with van der Waals surface area (Å²) in [7, 11) is 0. The molecule has 1 heterocycles. The highest BCUT2D eigenvalue weighted by Gasteiger charge is 2.10. The fraction of sp³-hybridized carbons (Fsp3) is 0.556. The van der Waals surface area contributed by atoms with E-state index < -0.39 is 0 Å². The van der Waals surface area contributed by atoms with Crippen LogP contribution in [0.1, 0.15) is 26.7 Å². The lowest BCUT2D eigenvalue weighted by Crippen LogP contribution is -2.04. The number of rotatable bonds is 2. The van der Waals surface area contributed by atoms with Gasteiger partial charge in [0.1, 0.15) is 0 Å². The molecule has 1 rings (SSSR count). The monoisotopic (exact) mass is 154 g/mol. The van der Waals surface area contributed by atoms with Crippen molar-refractivity contribution in [3.63, 3.8) is 0 Å². The first-order valence-electron chi connectivity index (χ1n) is 3.89. The third kappa shape index (κ3) is 1.66. The van der Waals surface area contributed by atoms with E-state index in [4.69, 9.17) is 0 Å². The standard InChI is InChI=1S/C9H14S/c1-3-8-6-5-7-10-9(8)4-2/h5-7,9H,3-4H2,1-2H3. The Morgan fingerprint density at radius 3 is 2.80 bits per heavy atom. The number of thioether (sulfide) groups is 1. The molecule has 0 aromatic carbocycles. The first-order chi connectivity index (χ1) is 4.88. The van der Waals surface area contributed by atoms with Crippen LogP contribution in [0.25, 0.3) is 0 Å². The highest BCUT2D eigenvalue weighted by atomic mass is 32.2. The molecule has 0 nitrogen and oxygen atoms in total. The quantitative estimate of drug-likeness (QED) is 0.587. The summed E-state index contributed by atoms with van der Waals surface area (Å²) in [4.78, 5) is 0. The molecule has 0 aromatic heterocycles. The van der Waals surface area contributed by atoms with E-state index in [0.29, 0.717) is 0 Å². The topological polar surface area (TPSA) is 0 Å². The highest BCUT2D eigenvalue weighted by molar-refractivity contribution is 8.02. The largest absolute Gasteiger partial charge is 0.126 e. The first kappa shape index (κ1) is 7.93. The summed E-state index contributed by atoms with van der Waals surface area (Å²) in [5, 5.41) is 2.95. The van der Waals surface area contributed by atoms with E-state index in [0.717, 1.165) is 5.25 Å². The molecule has 0 aliphatic carbocycles. The molecule has 0 N–H and O–H groups in total. The summed E-state index contributed by atoms with van der Waals surface area (Å²) in [6.07, 6.45) is 6.87. The van der Waals surface area contributed by atoms with Crippen LogP contribution < -0.4 is 0 Å². The predicted octanol–water partition coefficient (Wildman–Crippen LogP) is 3.36. The second kappa shape index (κ2) is 3.87. The summed E-state index contributed by atoms with van der Waals surface area (Å²) in [5.41, 5.74) is 1.59. The van der Waals surface area contributed by atoms with E-state index in [2.05, 4.69) is 31.4 Å². The minimum Gasteiger partial charge on any atom is -0.126 e. The lowest BCUT2D eigenvalue weighted by molar-refractivity contribution is 0.877. The third-order valence-electron chi connectivity index (χ3n) is 1.82. The van der Waals surface area contributed by atoms with Crippen molar-refractivity contribution in [3.05, 3.63) is 23.1 Å². The lowest BCUT2D eigenvalue weighted by Gasteiger charge is -2.17. The number of hydrogen-bond donors (Lipinski definition) is 0. The second-order valence-electron chi connectivity index (χ2n) is 2.46. The zero-order valence-corrected chi connectivity index (χ0v) is 7.45. The lowest BCUT2D eigenvalue weighted by atomic mass is 10.1. The van der Waals surface area contributed by atoms with Crippen molar-refractivity contribution in [1.82, 2.24) is 0 Å². The summed E-state index contributed by atoms with van der Waals surface area (Å²) in [6.45, 7) is 4.48. The molecular formula is C9H14S. The Bertz CT molecular complexity index is 156. The molecule has 1 aliphatic heterocycles. The Hall–Kier alpha value is -0.170. The molecular weight excluding hydrogens is 140 g/mol. The maximum Gasteiger partial charge on any atom is 0.0298 e. The van der Waals surface area contributed by atoms with E-state index in [1.807, 2.05) is 11.8 Å². The smallest absolute Gasteiger partial charge is 0.0298 e. The zero-order chi connectivity index (χ0) is 7.40. The summed E-state index contributed by atoms with van der Waals surface area (Å²) < 4.78 is 0. The van der Waals surface area contributed by atoms with E-state index in [9.17, 15) is 0 Å². The van der Waals surface area contributed by atoms with Crippen molar-refractivity contribution < 1.29 is 0 Å². The van der Waals surface area contributed by atoms with Crippen LogP contribution in [0.5, 0.6) is 0 Å². The fourth-order valence-electron chi connectivity index (χ4n) is 1.20. The second-order valence-corrected chi connectivity index (χ2v) is 3.57. The number of allylic oxidation sites excluding steroid dienone is 2. The molecule has 1 aliphatic rings. The van der Waals surface area contributed by atoms with Gasteiger partial charge in [0.2, 0.25) is 0 Å². The van der Waals surface area contributed by atoms with Crippen LogP contribution in [0, 0.1) is 0 Å². The van der Waals surface area contributed by atoms with Crippen LogP contribution in [0.15, 0.2) is 23.1 Å². The van der Waals surface area contributed by atoms with Gasteiger partial charge in [-0.1, -0.05) is 31.6 Å². The van der Waals surface area contributed by atoms with Crippen molar-refractivity contribution in [2.75, 3.05) is 0 Å². The molecule has 1 unspecified atom stereocenters. The van der Waals surface area contributed by atoms with E-state index in [-0.39, 0.29) is 0 Å². The Morgan fingerprint density at radius 2 is 2.30 bits per heavy atom. The summed E-state index contributed by atoms with van der Waals surface area (Å²) >= 11 is 1.95. The van der Waals surface area contributed by atoms with Gasteiger partial charge in [0.05, 0.1) is 0 Å². The summed E-state index contributed by atoms with van der Waals surface area (Å²) in [5.74, 6) is 0. The Morgan fingerprint density at radius 1 is 1.50 bits per heavy atom. The van der Waals surface area contributed by atoms with E-state index in [1.54, 1.807) is 5.57 Å². The molecule has 0 aromatic rings. The Labute approximate surface area is 67.4 Å². The molecule has 0 saturated heterocycles. The molecule has 0 bridgehead atoms.